The van der Waals surface area contributed by atoms with Crippen molar-refractivity contribution in [2.45, 2.75) is 19.3 Å². The lowest BCUT2D eigenvalue weighted by atomic mass is 9.80. The molecule has 4 heteroatoms. The first-order valence-electron chi connectivity index (χ1n) is 5.63. The fourth-order valence-corrected chi connectivity index (χ4v) is 2.29. The van der Waals surface area contributed by atoms with E-state index in [2.05, 4.69) is 9.89 Å². The Morgan fingerprint density at radius 3 is 3.00 bits per heavy atom. The first-order valence-corrected chi connectivity index (χ1v) is 5.63. The van der Waals surface area contributed by atoms with Gasteiger partial charge in [0.2, 0.25) is 0 Å². The van der Waals surface area contributed by atoms with Crippen LogP contribution in [0.4, 0.5) is 0 Å². The Morgan fingerprint density at radius 1 is 1.53 bits per heavy atom. The number of aryl methyl sites for hydroxylation is 1. The molecule has 0 bridgehead atoms. The van der Waals surface area contributed by atoms with Crippen molar-refractivity contribution in [2.24, 2.45) is 11.1 Å². The highest BCUT2D eigenvalue weighted by Gasteiger charge is 2.27. The number of benzene rings is 1. The number of methoxy groups -OCH3 is 1. The molecule has 1 unspecified atom stereocenters. The van der Waals surface area contributed by atoms with Crippen LogP contribution in [0.1, 0.15) is 24.0 Å². The van der Waals surface area contributed by atoms with E-state index in [9.17, 15) is 4.79 Å². The van der Waals surface area contributed by atoms with Gasteiger partial charge in [-0.15, -0.1) is 0 Å². The fourth-order valence-electron chi connectivity index (χ4n) is 2.29. The normalized spacial score (nSPS) is 21.0. The molecule has 0 radical (unpaired) electrons. The SMILES string of the molecule is COC(=O)CC1CCc2ccccc2/C1=N\O. The number of fused-ring (bicyclic) bond motifs is 1. The number of nitrogens with zero attached hydrogens (tertiary/aromatic N) is 1. The molecule has 0 saturated carbocycles. The molecule has 0 aromatic heterocycles. The smallest absolute Gasteiger partial charge is 0.306 e. The average Bonchev–Trinajstić information content (AvgIpc) is 2.38. The summed E-state index contributed by atoms with van der Waals surface area (Å²) in [6.45, 7) is 0. The molecule has 1 aromatic carbocycles. The predicted octanol–water partition coefficient (Wildman–Crippen LogP) is 1.99. The summed E-state index contributed by atoms with van der Waals surface area (Å²) in [6.07, 6.45) is 1.98. The second-order valence-electron chi connectivity index (χ2n) is 4.16. The van der Waals surface area contributed by atoms with Gasteiger partial charge in [-0.05, 0) is 18.4 Å². The molecule has 0 aliphatic heterocycles. The number of carbonyl (C=O) groups is 1. The molecule has 0 heterocycles. The van der Waals surface area contributed by atoms with Crippen molar-refractivity contribution in [2.75, 3.05) is 7.11 Å². The van der Waals surface area contributed by atoms with E-state index < -0.39 is 0 Å². The molecular weight excluding hydrogens is 218 g/mol. The van der Waals surface area contributed by atoms with Crippen LogP contribution >= 0.6 is 0 Å². The lowest BCUT2D eigenvalue weighted by molar-refractivity contribution is -0.141. The van der Waals surface area contributed by atoms with E-state index in [0.29, 0.717) is 5.71 Å². The lowest BCUT2D eigenvalue weighted by Crippen LogP contribution is -2.26. The zero-order chi connectivity index (χ0) is 12.3. The standard InChI is InChI=1S/C13H15NO3/c1-17-12(15)8-10-7-6-9-4-2-3-5-11(9)13(10)14-16/h2-5,10,16H,6-8H2,1H3/b14-13-. The van der Waals surface area contributed by atoms with Crippen molar-refractivity contribution in [1.82, 2.24) is 0 Å². The van der Waals surface area contributed by atoms with Crippen LogP contribution in [0.2, 0.25) is 0 Å². The van der Waals surface area contributed by atoms with Crippen LogP contribution in [0.5, 0.6) is 0 Å². The van der Waals surface area contributed by atoms with E-state index in [1.54, 1.807) is 0 Å². The number of esters is 1. The van der Waals surface area contributed by atoms with E-state index in [1.807, 2.05) is 24.3 Å². The summed E-state index contributed by atoms with van der Waals surface area (Å²) < 4.78 is 4.66. The van der Waals surface area contributed by atoms with Crippen molar-refractivity contribution >= 4 is 11.7 Å². The molecule has 0 spiro atoms. The Morgan fingerprint density at radius 2 is 2.29 bits per heavy atom. The molecule has 4 nitrogen and oxygen atoms in total. The van der Waals surface area contributed by atoms with Gasteiger partial charge in [-0.25, -0.2) is 0 Å². The Labute approximate surface area is 99.9 Å². The van der Waals surface area contributed by atoms with Crippen LogP contribution in [0.3, 0.4) is 0 Å². The minimum Gasteiger partial charge on any atom is -0.469 e. The summed E-state index contributed by atoms with van der Waals surface area (Å²) in [6, 6.07) is 7.82. The Balaban J connectivity index is 2.27. The molecule has 1 aliphatic rings. The molecule has 1 N–H and O–H groups in total. The highest BCUT2D eigenvalue weighted by Crippen LogP contribution is 2.28. The largest absolute Gasteiger partial charge is 0.469 e. The maximum atomic E-state index is 11.3. The van der Waals surface area contributed by atoms with Gasteiger partial charge in [-0.1, -0.05) is 29.4 Å². The molecule has 0 amide bonds. The third kappa shape index (κ3) is 2.30. The minimum absolute atomic E-state index is 0.0534. The van der Waals surface area contributed by atoms with Crippen molar-refractivity contribution in [3.8, 4) is 0 Å². The maximum absolute atomic E-state index is 11.3. The maximum Gasteiger partial charge on any atom is 0.306 e. The quantitative estimate of drug-likeness (QED) is 0.483. The average molecular weight is 233 g/mol. The summed E-state index contributed by atoms with van der Waals surface area (Å²) in [5, 5.41) is 12.5. The van der Waals surface area contributed by atoms with Crippen LogP contribution in [-0.2, 0) is 16.0 Å². The predicted molar refractivity (Wildman–Crippen MR) is 63.2 cm³/mol. The van der Waals surface area contributed by atoms with Gasteiger partial charge >= 0.3 is 5.97 Å². The van der Waals surface area contributed by atoms with E-state index in [0.717, 1.165) is 18.4 Å². The summed E-state index contributed by atoms with van der Waals surface area (Å²) in [5.74, 6) is -0.321. The summed E-state index contributed by atoms with van der Waals surface area (Å²) in [4.78, 5) is 11.3. The highest BCUT2D eigenvalue weighted by molar-refractivity contribution is 6.05. The third-order valence-corrected chi connectivity index (χ3v) is 3.19. The van der Waals surface area contributed by atoms with Crippen molar-refractivity contribution in [1.29, 1.82) is 0 Å². The van der Waals surface area contributed by atoms with Crippen LogP contribution in [0.25, 0.3) is 0 Å². The summed E-state index contributed by atoms with van der Waals surface area (Å²) >= 11 is 0. The molecule has 90 valence electrons. The minimum atomic E-state index is -0.268. The monoisotopic (exact) mass is 233 g/mol. The van der Waals surface area contributed by atoms with Gasteiger partial charge < -0.3 is 9.94 Å². The number of oxime groups is 1. The van der Waals surface area contributed by atoms with Gasteiger partial charge in [0.25, 0.3) is 0 Å². The van der Waals surface area contributed by atoms with Gasteiger partial charge in [0.1, 0.15) is 0 Å². The number of hydrogen-bond acceptors (Lipinski definition) is 4. The van der Waals surface area contributed by atoms with Gasteiger partial charge in [0.15, 0.2) is 0 Å². The Hall–Kier alpha value is -1.84. The van der Waals surface area contributed by atoms with E-state index >= 15 is 0 Å². The van der Waals surface area contributed by atoms with E-state index in [1.165, 1.54) is 12.7 Å². The topological polar surface area (TPSA) is 58.9 Å². The molecule has 1 aromatic rings. The van der Waals surface area contributed by atoms with Gasteiger partial charge in [0, 0.05) is 11.5 Å². The first kappa shape index (κ1) is 11.6. The number of rotatable bonds is 2. The van der Waals surface area contributed by atoms with Gasteiger partial charge in [0.05, 0.1) is 19.2 Å². The van der Waals surface area contributed by atoms with E-state index in [4.69, 9.17) is 5.21 Å². The number of carbonyl (C=O) groups excluding carboxylic acids is 1. The molecule has 1 aliphatic carbocycles. The van der Waals surface area contributed by atoms with Crippen molar-refractivity contribution in [3.05, 3.63) is 35.4 Å². The lowest BCUT2D eigenvalue weighted by Gasteiger charge is -2.24. The second-order valence-corrected chi connectivity index (χ2v) is 4.16. The van der Waals surface area contributed by atoms with Crippen LogP contribution in [0, 0.1) is 5.92 Å². The van der Waals surface area contributed by atoms with Gasteiger partial charge in [-0.2, -0.15) is 0 Å². The number of ether oxygens (including phenoxy) is 1. The Kier molecular flexibility index (Phi) is 3.42. The second kappa shape index (κ2) is 4.99. The molecule has 17 heavy (non-hydrogen) atoms. The molecule has 0 fully saturated rings. The zero-order valence-electron chi connectivity index (χ0n) is 9.72. The fraction of sp³-hybridized carbons (Fsp3) is 0.385. The Bertz CT molecular complexity index is 454. The van der Waals surface area contributed by atoms with Crippen LogP contribution in [0.15, 0.2) is 29.4 Å². The highest BCUT2D eigenvalue weighted by atomic mass is 16.5. The summed E-state index contributed by atoms with van der Waals surface area (Å²) in [5.41, 5.74) is 2.70. The van der Waals surface area contributed by atoms with Crippen molar-refractivity contribution in [3.63, 3.8) is 0 Å². The molecule has 1 atom stereocenters. The van der Waals surface area contributed by atoms with Crippen LogP contribution < -0.4 is 0 Å². The number of hydrogen-bond donors (Lipinski definition) is 1. The van der Waals surface area contributed by atoms with E-state index in [-0.39, 0.29) is 18.3 Å². The molecule has 2 rings (SSSR count). The van der Waals surface area contributed by atoms with Gasteiger partial charge in [-0.3, -0.25) is 4.79 Å². The molecular formula is C13H15NO3. The zero-order valence-corrected chi connectivity index (χ0v) is 9.72. The third-order valence-electron chi connectivity index (χ3n) is 3.19. The van der Waals surface area contributed by atoms with Crippen LogP contribution in [-0.4, -0.2) is 24.0 Å². The van der Waals surface area contributed by atoms with Crippen molar-refractivity contribution < 1.29 is 14.7 Å². The summed E-state index contributed by atoms with van der Waals surface area (Å²) in [7, 11) is 1.37. The first-order chi connectivity index (χ1) is 8.26. The molecule has 0 saturated heterocycles.